The van der Waals surface area contributed by atoms with Crippen LogP contribution in [0.5, 0.6) is 0 Å². The number of carbonyl (C=O) groups is 1. The molecule has 7 nitrogen and oxygen atoms in total. The number of likely N-dealkylation sites (N-methyl/N-ethyl adjacent to an activating group) is 1. The molecule has 31 heavy (non-hydrogen) atoms. The number of hydrogen-bond donors (Lipinski definition) is 1. The molecular weight excluding hydrogens is 412 g/mol. The van der Waals surface area contributed by atoms with E-state index in [9.17, 15) is 13.2 Å². The van der Waals surface area contributed by atoms with E-state index >= 15 is 0 Å². The van der Waals surface area contributed by atoms with Crippen LogP contribution >= 0.6 is 0 Å². The van der Waals surface area contributed by atoms with Gasteiger partial charge in [0.2, 0.25) is 15.9 Å². The molecule has 8 heteroatoms. The van der Waals surface area contributed by atoms with Crippen LogP contribution in [0.3, 0.4) is 0 Å². The molecule has 1 amide bonds. The molecule has 3 aromatic rings. The highest BCUT2D eigenvalue weighted by Crippen LogP contribution is 2.26. The molecule has 0 unspecified atom stereocenters. The Morgan fingerprint density at radius 2 is 1.74 bits per heavy atom. The number of benzene rings is 2. The molecule has 1 N–H and O–H groups in total. The van der Waals surface area contributed by atoms with E-state index in [1.165, 1.54) is 19.2 Å². The predicted octanol–water partition coefficient (Wildman–Crippen LogP) is 3.74. The van der Waals surface area contributed by atoms with Crippen molar-refractivity contribution in [3.8, 4) is 5.69 Å². The van der Waals surface area contributed by atoms with Gasteiger partial charge in [-0.3, -0.25) is 4.79 Å². The van der Waals surface area contributed by atoms with E-state index in [0.29, 0.717) is 5.82 Å². The number of amides is 1. The average molecular weight is 441 g/mol. The predicted molar refractivity (Wildman–Crippen MR) is 122 cm³/mol. The Kier molecular flexibility index (Phi) is 6.33. The Morgan fingerprint density at radius 3 is 2.35 bits per heavy atom. The summed E-state index contributed by atoms with van der Waals surface area (Å²) in [5.41, 5.74) is 2.48. The lowest BCUT2D eigenvalue weighted by molar-refractivity contribution is -0.116. The summed E-state index contributed by atoms with van der Waals surface area (Å²) in [6.45, 7) is 7.80. The summed E-state index contributed by atoms with van der Waals surface area (Å²) in [5.74, 6) is 0.0438. The van der Waals surface area contributed by atoms with Crippen molar-refractivity contribution in [1.29, 1.82) is 0 Å². The first-order valence-electron chi connectivity index (χ1n) is 9.97. The summed E-state index contributed by atoms with van der Waals surface area (Å²) in [4.78, 5) is 12.9. The molecule has 0 fully saturated rings. The third-order valence-corrected chi connectivity index (χ3v) is 6.63. The fourth-order valence-corrected chi connectivity index (χ4v) is 4.18. The first-order valence-corrected chi connectivity index (χ1v) is 11.4. The van der Waals surface area contributed by atoms with Crippen molar-refractivity contribution >= 4 is 21.7 Å². The Balaban J connectivity index is 1.86. The average Bonchev–Trinajstić information content (AvgIpc) is 3.12. The molecule has 1 aromatic heterocycles. The molecule has 0 saturated carbocycles. The largest absolute Gasteiger partial charge is 0.309 e. The van der Waals surface area contributed by atoms with Gasteiger partial charge in [0.25, 0.3) is 0 Å². The second-order valence-electron chi connectivity index (χ2n) is 8.54. The molecule has 3 rings (SSSR count). The first-order chi connectivity index (χ1) is 14.5. The number of nitrogens with zero attached hydrogens (tertiary/aromatic N) is 3. The molecule has 164 valence electrons. The SMILES string of the molecule is Cc1cccc(-n2nc(C(C)(C)C)cc2NC(=O)CN(C)S(=O)(=O)c2ccccc2)c1. The molecule has 0 aliphatic carbocycles. The van der Waals surface area contributed by atoms with E-state index in [0.717, 1.165) is 21.2 Å². The molecule has 0 bridgehead atoms. The summed E-state index contributed by atoms with van der Waals surface area (Å²) in [5, 5.41) is 7.52. The molecule has 1 heterocycles. The minimum Gasteiger partial charge on any atom is -0.309 e. The number of carbonyl (C=O) groups excluding carboxylic acids is 1. The minimum atomic E-state index is -3.76. The number of nitrogens with one attached hydrogen (secondary N) is 1. The molecule has 0 radical (unpaired) electrons. The number of aromatic nitrogens is 2. The maximum Gasteiger partial charge on any atom is 0.243 e. The zero-order valence-electron chi connectivity index (χ0n) is 18.5. The lowest BCUT2D eigenvalue weighted by Crippen LogP contribution is -2.35. The fourth-order valence-electron chi connectivity index (χ4n) is 3.04. The molecule has 0 aliphatic rings. The minimum absolute atomic E-state index is 0.144. The Bertz CT molecular complexity index is 1180. The number of rotatable bonds is 6. The van der Waals surface area contributed by atoms with E-state index < -0.39 is 15.9 Å². The van der Waals surface area contributed by atoms with E-state index in [-0.39, 0.29) is 16.9 Å². The van der Waals surface area contributed by atoms with Crippen LogP contribution in [0.15, 0.2) is 65.6 Å². The fraction of sp³-hybridized carbons (Fsp3) is 0.304. The monoisotopic (exact) mass is 440 g/mol. The van der Waals surface area contributed by atoms with Crippen LogP contribution < -0.4 is 5.32 Å². The standard InChI is InChI=1S/C23H28N4O3S/c1-17-10-9-11-18(14-17)27-21(15-20(25-27)23(2,3)4)24-22(28)16-26(5)31(29,30)19-12-7-6-8-13-19/h6-15H,16H2,1-5H3,(H,24,28). The van der Waals surface area contributed by atoms with Gasteiger partial charge in [-0.05, 0) is 36.8 Å². The summed E-state index contributed by atoms with van der Waals surface area (Å²) >= 11 is 0. The zero-order chi connectivity index (χ0) is 22.8. The smallest absolute Gasteiger partial charge is 0.243 e. The second kappa shape index (κ2) is 8.64. The summed E-state index contributed by atoms with van der Waals surface area (Å²) in [6.07, 6.45) is 0. The number of sulfonamides is 1. The lowest BCUT2D eigenvalue weighted by Gasteiger charge is -2.17. The topological polar surface area (TPSA) is 84.3 Å². The van der Waals surface area contributed by atoms with Crippen molar-refractivity contribution in [3.63, 3.8) is 0 Å². The van der Waals surface area contributed by atoms with Gasteiger partial charge in [-0.2, -0.15) is 9.40 Å². The number of anilines is 1. The molecule has 0 aliphatic heterocycles. The van der Waals surface area contributed by atoms with Crippen molar-refractivity contribution < 1.29 is 13.2 Å². The van der Waals surface area contributed by atoms with E-state index in [1.54, 1.807) is 22.9 Å². The summed E-state index contributed by atoms with van der Waals surface area (Å²) in [6, 6.07) is 17.7. The van der Waals surface area contributed by atoms with Crippen molar-refractivity contribution in [3.05, 3.63) is 71.9 Å². The van der Waals surface area contributed by atoms with Gasteiger partial charge in [0, 0.05) is 18.5 Å². The highest BCUT2D eigenvalue weighted by molar-refractivity contribution is 7.89. The van der Waals surface area contributed by atoms with Crippen molar-refractivity contribution in [1.82, 2.24) is 14.1 Å². The van der Waals surface area contributed by atoms with Gasteiger partial charge in [-0.15, -0.1) is 0 Å². The summed E-state index contributed by atoms with van der Waals surface area (Å²) < 4.78 is 28.1. The quantitative estimate of drug-likeness (QED) is 0.633. The van der Waals surface area contributed by atoms with Crippen molar-refractivity contribution in [2.75, 3.05) is 18.9 Å². The molecule has 2 aromatic carbocycles. The van der Waals surface area contributed by atoms with E-state index in [4.69, 9.17) is 5.10 Å². The van der Waals surface area contributed by atoms with Crippen molar-refractivity contribution in [2.24, 2.45) is 0 Å². The maximum atomic E-state index is 12.8. The highest BCUT2D eigenvalue weighted by atomic mass is 32.2. The van der Waals surface area contributed by atoms with Gasteiger partial charge >= 0.3 is 0 Å². The molecule has 0 saturated heterocycles. The highest BCUT2D eigenvalue weighted by Gasteiger charge is 2.25. The van der Waals surface area contributed by atoms with Crippen LogP contribution in [0.2, 0.25) is 0 Å². The van der Waals surface area contributed by atoms with Crippen LogP contribution in [0, 0.1) is 6.92 Å². The van der Waals surface area contributed by atoms with Gasteiger partial charge in [0.15, 0.2) is 0 Å². The third-order valence-electron chi connectivity index (χ3n) is 4.81. The Hall–Kier alpha value is -2.97. The van der Waals surface area contributed by atoms with Gasteiger partial charge in [-0.25, -0.2) is 13.1 Å². The van der Waals surface area contributed by atoms with Crippen LogP contribution in [0.4, 0.5) is 5.82 Å². The van der Waals surface area contributed by atoms with Gasteiger partial charge < -0.3 is 5.32 Å². The second-order valence-corrected chi connectivity index (χ2v) is 10.6. The maximum absolute atomic E-state index is 12.8. The summed E-state index contributed by atoms with van der Waals surface area (Å²) in [7, 11) is -2.37. The van der Waals surface area contributed by atoms with Crippen molar-refractivity contribution in [2.45, 2.75) is 38.0 Å². The first kappa shape index (κ1) is 22.7. The molecule has 0 atom stereocenters. The molecular formula is C23H28N4O3S. The Morgan fingerprint density at radius 1 is 1.06 bits per heavy atom. The Labute approximate surface area is 183 Å². The van der Waals surface area contributed by atoms with Gasteiger partial charge in [-0.1, -0.05) is 51.1 Å². The normalized spacial score (nSPS) is 12.2. The van der Waals surface area contributed by atoms with Gasteiger partial charge in [0.1, 0.15) is 5.82 Å². The van der Waals surface area contributed by atoms with Crippen LogP contribution in [0.25, 0.3) is 5.69 Å². The lowest BCUT2D eigenvalue weighted by atomic mass is 9.92. The number of hydrogen-bond acceptors (Lipinski definition) is 4. The molecule has 0 spiro atoms. The van der Waals surface area contributed by atoms with E-state index in [2.05, 4.69) is 5.32 Å². The van der Waals surface area contributed by atoms with Gasteiger partial charge in [0.05, 0.1) is 22.8 Å². The third kappa shape index (κ3) is 5.21. The number of aryl methyl sites for hydroxylation is 1. The van der Waals surface area contributed by atoms with Crippen LogP contribution in [-0.4, -0.2) is 42.0 Å². The van der Waals surface area contributed by atoms with E-state index in [1.807, 2.05) is 58.0 Å². The van der Waals surface area contributed by atoms with Crippen LogP contribution in [0.1, 0.15) is 32.0 Å². The van der Waals surface area contributed by atoms with Crippen LogP contribution in [-0.2, 0) is 20.2 Å². The zero-order valence-corrected chi connectivity index (χ0v) is 19.3.